The number of nitrogens with zero attached hydrogens (tertiary/aromatic N) is 1. The molecule has 2 aliphatic carbocycles. The molecule has 0 bridgehead atoms. The van der Waals surface area contributed by atoms with Crippen molar-refractivity contribution in [3.05, 3.63) is 0 Å². The molecule has 0 aromatic rings. The van der Waals surface area contributed by atoms with Crippen LogP contribution in [0.1, 0.15) is 58.3 Å². The highest BCUT2D eigenvalue weighted by molar-refractivity contribution is 4.95. The highest BCUT2D eigenvalue weighted by atomic mass is 15.2. The number of fused-ring (bicyclic) bond motifs is 1. The maximum absolute atomic E-state index is 6.34. The number of rotatable bonds is 1. The van der Waals surface area contributed by atoms with Crippen LogP contribution in [0.3, 0.4) is 0 Å². The van der Waals surface area contributed by atoms with Crippen molar-refractivity contribution in [3.8, 4) is 0 Å². The monoisotopic (exact) mass is 250 g/mol. The van der Waals surface area contributed by atoms with Gasteiger partial charge >= 0.3 is 0 Å². The first-order valence-electron chi connectivity index (χ1n) is 8.23. The van der Waals surface area contributed by atoms with Gasteiger partial charge in [-0.3, -0.25) is 4.90 Å². The first-order valence-corrected chi connectivity index (χ1v) is 8.23. The van der Waals surface area contributed by atoms with Gasteiger partial charge in [0.1, 0.15) is 0 Å². The zero-order valence-electron chi connectivity index (χ0n) is 12.0. The Bertz CT molecular complexity index is 278. The van der Waals surface area contributed by atoms with Gasteiger partial charge in [0, 0.05) is 25.2 Å². The summed E-state index contributed by atoms with van der Waals surface area (Å²) in [5.74, 6) is 2.70. The van der Waals surface area contributed by atoms with E-state index in [1.807, 2.05) is 0 Å². The maximum atomic E-state index is 6.34. The number of nitrogens with two attached hydrogens (primary N) is 1. The van der Waals surface area contributed by atoms with E-state index in [2.05, 4.69) is 11.8 Å². The van der Waals surface area contributed by atoms with E-state index < -0.39 is 0 Å². The molecular weight excluding hydrogens is 220 g/mol. The lowest BCUT2D eigenvalue weighted by molar-refractivity contribution is 0.207. The largest absolute Gasteiger partial charge is 0.327 e. The fraction of sp³-hybridized carbons (Fsp3) is 1.00. The zero-order valence-corrected chi connectivity index (χ0v) is 12.0. The molecular formula is C16H30N2. The van der Waals surface area contributed by atoms with E-state index in [1.165, 1.54) is 64.5 Å². The van der Waals surface area contributed by atoms with E-state index >= 15 is 0 Å². The molecule has 1 aliphatic heterocycles. The van der Waals surface area contributed by atoms with Gasteiger partial charge in [-0.05, 0) is 49.9 Å². The molecule has 18 heavy (non-hydrogen) atoms. The summed E-state index contributed by atoms with van der Waals surface area (Å²) in [6.07, 6.45) is 11.3. The molecule has 2 N–H and O–H groups in total. The van der Waals surface area contributed by atoms with Crippen LogP contribution in [0.5, 0.6) is 0 Å². The van der Waals surface area contributed by atoms with Crippen molar-refractivity contribution in [2.75, 3.05) is 13.1 Å². The number of hydrogen-bond acceptors (Lipinski definition) is 2. The minimum atomic E-state index is 0.499. The first kappa shape index (κ1) is 12.9. The van der Waals surface area contributed by atoms with E-state index in [4.69, 9.17) is 5.73 Å². The molecule has 0 radical (unpaired) electrons. The molecule has 0 amide bonds. The second kappa shape index (κ2) is 5.50. The van der Waals surface area contributed by atoms with Gasteiger partial charge in [0.05, 0.1) is 0 Å². The van der Waals surface area contributed by atoms with Crippen LogP contribution in [0.25, 0.3) is 0 Å². The number of hydrogen-bond donors (Lipinski definition) is 1. The van der Waals surface area contributed by atoms with Gasteiger partial charge < -0.3 is 5.73 Å². The third-order valence-corrected chi connectivity index (χ3v) is 5.93. The summed E-state index contributed by atoms with van der Waals surface area (Å²) in [5, 5.41) is 0. The molecule has 0 aromatic carbocycles. The Morgan fingerprint density at radius 3 is 2.56 bits per heavy atom. The molecule has 104 valence electrons. The normalized spacial score (nSPS) is 46.7. The fourth-order valence-electron chi connectivity index (χ4n) is 4.68. The Morgan fingerprint density at radius 2 is 1.72 bits per heavy atom. The van der Waals surface area contributed by atoms with Crippen LogP contribution in [0.4, 0.5) is 0 Å². The molecule has 1 heterocycles. The van der Waals surface area contributed by atoms with Gasteiger partial charge in [0.15, 0.2) is 0 Å². The van der Waals surface area contributed by atoms with Crippen molar-refractivity contribution >= 4 is 0 Å². The quantitative estimate of drug-likeness (QED) is 0.725. The average molecular weight is 250 g/mol. The summed E-state index contributed by atoms with van der Waals surface area (Å²) in [4.78, 5) is 2.82. The Balaban J connectivity index is 1.60. The second-order valence-corrected chi connectivity index (χ2v) is 7.24. The van der Waals surface area contributed by atoms with Crippen LogP contribution in [0, 0.1) is 17.8 Å². The van der Waals surface area contributed by atoms with Crippen molar-refractivity contribution in [1.82, 2.24) is 4.90 Å². The smallest absolute Gasteiger partial charge is 0.00956 e. The first-order chi connectivity index (χ1) is 8.74. The summed E-state index contributed by atoms with van der Waals surface area (Å²) in [6.45, 7) is 5.10. The Hall–Kier alpha value is -0.0800. The van der Waals surface area contributed by atoms with Crippen LogP contribution in [-0.2, 0) is 0 Å². The van der Waals surface area contributed by atoms with Gasteiger partial charge in [-0.15, -0.1) is 0 Å². The minimum Gasteiger partial charge on any atom is -0.327 e. The summed E-state index contributed by atoms with van der Waals surface area (Å²) < 4.78 is 0. The van der Waals surface area contributed by atoms with Crippen LogP contribution < -0.4 is 5.73 Å². The standard InChI is InChI=1S/C16H30N2/c1-12-4-2-6-14(9-8-12)18-10-13-5-3-7-16(17)15(13)11-18/h12-16H,2-11,17H2,1H3. The molecule has 3 aliphatic rings. The summed E-state index contributed by atoms with van der Waals surface area (Å²) in [6, 6.07) is 1.38. The van der Waals surface area contributed by atoms with Crippen molar-refractivity contribution < 1.29 is 0 Å². The average Bonchev–Trinajstić information content (AvgIpc) is 2.67. The van der Waals surface area contributed by atoms with E-state index in [-0.39, 0.29) is 0 Å². The zero-order chi connectivity index (χ0) is 12.5. The lowest BCUT2D eigenvalue weighted by Gasteiger charge is -2.30. The van der Waals surface area contributed by atoms with Crippen molar-refractivity contribution in [3.63, 3.8) is 0 Å². The third-order valence-electron chi connectivity index (χ3n) is 5.93. The van der Waals surface area contributed by atoms with Gasteiger partial charge in [-0.2, -0.15) is 0 Å². The van der Waals surface area contributed by atoms with E-state index in [1.54, 1.807) is 0 Å². The molecule has 5 unspecified atom stereocenters. The molecule has 2 nitrogen and oxygen atoms in total. The SMILES string of the molecule is CC1CCCC(N2CC3CCCC(N)C3C2)CC1. The fourth-order valence-corrected chi connectivity index (χ4v) is 4.68. The van der Waals surface area contributed by atoms with E-state index in [0.29, 0.717) is 6.04 Å². The summed E-state index contributed by atoms with van der Waals surface area (Å²) in [5.41, 5.74) is 6.34. The predicted molar refractivity (Wildman–Crippen MR) is 76.4 cm³/mol. The molecule has 1 saturated heterocycles. The molecule has 2 heteroatoms. The summed E-state index contributed by atoms with van der Waals surface area (Å²) in [7, 11) is 0. The van der Waals surface area contributed by atoms with Crippen LogP contribution in [0.15, 0.2) is 0 Å². The minimum absolute atomic E-state index is 0.499. The van der Waals surface area contributed by atoms with Crippen molar-refractivity contribution in [2.45, 2.75) is 70.4 Å². The van der Waals surface area contributed by atoms with Gasteiger partial charge in [-0.1, -0.05) is 26.2 Å². The second-order valence-electron chi connectivity index (χ2n) is 7.24. The van der Waals surface area contributed by atoms with Gasteiger partial charge in [-0.25, -0.2) is 0 Å². The third kappa shape index (κ3) is 2.60. The van der Waals surface area contributed by atoms with Crippen LogP contribution in [-0.4, -0.2) is 30.1 Å². The lowest BCUT2D eigenvalue weighted by atomic mass is 9.78. The predicted octanol–water partition coefficient (Wildman–Crippen LogP) is 3.01. The van der Waals surface area contributed by atoms with Gasteiger partial charge in [0.25, 0.3) is 0 Å². The molecule has 3 fully saturated rings. The highest BCUT2D eigenvalue weighted by Gasteiger charge is 2.40. The molecule has 5 atom stereocenters. The van der Waals surface area contributed by atoms with Gasteiger partial charge in [0.2, 0.25) is 0 Å². The van der Waals surface area contributed by atoms with Crippen molar-refractivity contribution in [2.24, 2.45) is 23.5 Å². The van der Waals surface area contributed by atoms with E-state index in [9.17, 15) is 0 Å². The lowest BCUT2D eigenvalue weighted by Crippen LogP contribution is -2.39. The van der Waals surface area contributed by atoms with Crippen LogP contribution >= 0.6 is 0 Å². The highest BCUT2D eigenvalue weighted by Crippen LogP contribution is 2.38. The van der Waals surface area contributed by atoms with Crippen LogP contribution in [0.2, 0.25) is 0 Å². The maximum Gasteiger partial charge on any atom is 0.00956 e. The summed E-state index contributed by atoms with van der Waals surface area (Å²) >= 11 is 0. The van der Waals surface area contributed by atoms with E-state index in [0.717, 1.165) is 23.8 Å². The Labute approximate surface area is 112 Å². The molecule has 0 aromatic heterocycles. The molecule has 0 spiro atoms. The molecule has 2 saturated carbocycles. The Morgan fingerprint density at radius 1 is 0.889 bits per heavy atom. The van der Waals surface area contributed by atoms with Crippen molar-refractivity contribution in [1.29, 1.82) is 0 Å². The number of likely N-dealkylation sites (tertiary alicyclic amines) is 1. The topological polar surface area (TPSA) is 29.3 Å². The Kier molecular flexibility index (Phi) is 3.95. The molecule has 3 rings (SSSR count).